The van der Waals surface area contributed by atoms with Gasteiger partial charge in [0, 0.05) is 30.5 Å². The number of amides is 1. The summed E-state index contributed by atoms with van der Waals surface area (Å²) in [7, 11) is 0. The number of primary amides is 1. The number of aliphatic hydroxyl groups excluding tert-OH is 1. The Hall–Kier alpha value is -4.04. The van der Waals surface area contributed by atoms with E-state index < -0.39 is 18.1 Å². The van der Waals surface area contributed by atoms with E-state index in [0.717, 1.165) is 35.5 Å². The molecule has 3 heterocycles. The number of benzene rings is 2. The summed E-state index contributed by atoms with van der Waals surface area (Å²) in [5.74, 6) is -1.21. The molecule has 0 atom stereocenters. The summed E-state index contributed by atoms with van der Waals surface area (Å²) in [5, 5.41) is 10.00. The molecule has 1 fully saturated rings. The fourth-order valence-electron chi connectivity index (χ4n) is 4.89. The summed E-state index contributed by atoms with van der Waals surface area (Å²) < 4.78 is 14.8. The first kappa shape index (κ1) is 23.7. The molecule has 1 aliphatic rings. The number of hydrogen-bond acceptors (Lipinski definition) is 5. The van der Waals surface area contributed by atoms with Gasteiger partial charge in [0.05, 0.1) is 24.2 Å². The van der Waals surface area contributed by atoms with Gasteiger partial charge in [-0.25, -0.2) is 4.39 Å². The number of anilines is 1. The van der Waals surface area contributed by atoms with Crippen molar-refractivity contribution >= 4 is 22.6 Å². The Morgan fingerprint density at radius 3 is 2.31 bits per heavy atom. The fraction of sp³-hybridized carbons (Fsp3) is 0.250. The van der Waals surface area contributed by atoms with Crippen molar-refractivity contribution < 1.29 is 14.3 Å². The fourth-order valence-corrected chi connectivity index (χ4v) is 4.89. The number of rotatable bonds is 7. The second kappa shape index (κ2) is 9.91. The van der Waals surface area contributed by atoms with Gasteiger partial charge in [0.25, 0.3) is 11.5 Å². The van der Waals surface area contributed by atoms with E-state index in [1.54, 1.807) is 18.3 Å². The summed E-state index contributed by atoms with van der Waals surface area (Å²) in [4.78, 5) is 32.5. The molecular weight excluding hydrogens is 459 g/mol. The van der Waals surface area contributed by atoms with Crippen molar-refractivity contribution in [3.63, 3.8) is 0 Å². The van der Waals surface area contributed by atoms with Gasteiger partial charge >= 0.3 is 0 Å². The van der Waals surface area contributed by atoms with Crippen molar-refractivity contribution in [3.8, 4) is 0 Å². The Kier molecular flexibility index (Phi) is 6.52. The molecule has 4 aromatic rings. The molecule has 1 amide bonds. The Balaban J connectivity index is 1.59. The van der Waals surface area contributed by atoms with Gasteiger partial charge in [0.2, 0.25) is 0 Å². The number of halogens is 1. The molecule has 1 aliphatic heterocycles. The number of aromatic nitrogens is 2. The number of carbonyl (C=O) groups is 1. The van der Waals surface area contributed by atoms with E-state index in [1.165, 1.54) is 29.5 Å². The van der Waals surface area contributed by atoms with E-state index in [-0.39, 0.29) is 23.5 Å². The lowest BCUT2D eigenvalue weighted by Gasteiger charge is -2.19. The molecule has 2 aromatic heterocycles. The average Bonchev–Trinajstić information content (AvgIpc) is 3.42. The normalized spacial score (nSPS) is 13.4. The number of hydrogen-bond donors (Lipinski definition) is 2. The van der Waals surface area contributed by atoms with Crippen molar-refractivity contribution in [2.45, 2.75) is 32.4 Å². The van der Waals surface area contributed by atoms with Crippen LogP contribution < -0.4 is 16.2 Å². The molecule has 0 unspecified atom stereocenters. The summed E-state index contributed by atoms with van der Waals surface area (Å²) in [6.45, 7) is 1.75. The van der Waals surface area contributed by atoms with Gasteiger partial charge in [0.1, 0.15) is 11.4 Å². The monoisotopic (exact) mass is 486 g/mol. The zero-order valence-electron chi connectivity index (χ0n) is 19.8. The largest absolute Gasteiger partial charge is 0.392 e. The predicted octanol–water partition coefficient (Wildman–Crippen LogP) is 3.37. The van der Waals surface area contributed by atoms with Crippen molar-refractivity contribution in [1.29, 1.82) is 0 Å². The van der Waals surface area contributed by atoms with Crippen LogP contribution in [0.1, 0.15) is 45.5 Å². The number of pyridine rings is 2. The molecule has 184 valence electrons. The molecular formula is C28H27FN4O3. The molecule has 1 saturated heterocycles. The minimum Gasteiger partial charge on any atom is -0.392 e. The summed E-state index contributed by atoms with van der Waals surface area (Å²) >= 11 is 0. The highest BCUT2D eigenvalue weighted by atomic mass is 19.1. The third kappa shape index (κ3) is 4.59. The molecule has 36 heavy (non-hydrogen) atoms. The molecule has 7 nitrogen and oxygen atoms in total. The van der Waals surface area contributed by atoms with Crippen LogP contribution in [0.5, 0.6) is 0 Å². The lowest BCUT2D eigenvalue weighted by atomic mass is 10.0. The molecule has 0 spiro atoms. The first-order valence-electron chi connectivity index (χ1n) is 12.0. The summed E-state index contributed by atoms with van der Waals surface area (Å²) in [6.07, 6.45) is 4.48. The molecule has 0 radical (unpaired) electrons. The van der Waals surface area contributed by atoms with Crippen LogP contribution in [0.15, 0.2) is 65.6 Å². The van der Waals surface area contributed by atoms with Crippen molar-refractivity contribution in [1.82, 2.24) is 9.55 Å². The molecule has 3 N–H and O–H groups in total. The van der Waals surface area contributed by atoms with E-state index in [2.05, 4.69) is 9.88 Å². The summed E-state index contributed by atoms with van der Waals surface area (Å²) in [6, 6.07) is 16.1. The SMILES string of the molecule is NC(=O)c1c(CO)c2ncc(Cc3ccc(F)cc3)cc2n(Cc2ccc(N3CCCC3)cc2)c1=O. The van der Waals surface area contributed by atoms with Gasteiger partial charge in [0.15, 0.2) is 0 Å². The number of carbonyl (C=O) groups excluding carboxylic acids is 1. The molecule has 2 aromatic carbocycles. The maximum Gasteiger partial charge on any atom is 0.264 e. The van der Waals surface area contributed by atoms with Crippen molar-refractivity contribution in [3.05, 3.63) is 105 Å². The lowest BCUT2D eigenvalue weighted by molar-refractivity contribution is 0.0995. The third-order valence-corrected chi connectivity index (χ3v) is 6.74. The number of nitrogens with two attached hydrogens (primary N) is 1. The van der Waals surface area contributed by atoms with Gasteiger partial charge in [-0.1, -0.05) is 24.3 Å². The first-order valence-corrected chi connectivity index (χ1v) is 12.0. The molecule has 5 rings (SSSR count). The van der Waals surface area contributed by atoms with E-state index in [9.17, 15) is 19.1 Å². The minimum atomic E-state index is -0.902. The lowest BCUT2D eigenvalue weighted by Crippen LogP contribution is -2.32. The zero-order valence-corrected chi connectivity index (χ0v) is 19.8. The second-order valence-corrected chi connectivity index (χ2v) is 9.14. The van der Waals surface area contributed by atoms with Gasteiger partial charge < -0.3 is 20.3 Å². The van der Waals surface area contributed by atoms with Crippen LogP contribution in [-0.4, -0.2) is 33.7 Å². The Morgan fingerprint density at radius 2 is 1.67 bits per heavy atom. The highest BCUT2D eigenvalue weighted by molar-refractivity contribution is 5.98. The van der Waals surface area contributed by atoms with E-state index in [4.69, 9.17) is 5.73 Å². The topological polar surface area (TPSA) is 101 Å². The van der Waals surface area contributed by atoms with Gasteiger partial charge in [-0.15, -0.1) is 0 Å². The van der Waals surface area contributed by atoms with E-state index in [1.807, 2.05) is 30.3 Å². The molecule has 0 saturated carbocycles. The van der Waals surface area contributed by atoms with Gasteiger partial charge in [-0.2, -0.15) is 0 Å². The van der Waals surface area contributed by atoms with Gasteiger partial charge in [-0.05, 0) is 66.3 Å². The van der Waals surface area contributed by atoms with Crippen LogP contribution in [0.2, 0.25) is 0 Å². The molecule has 0 bridgehead atoms. The highest BCUT2D eigenvalue weighted by Gasteiger charge is 2.22. The molecule has 0 aliphatic carbocycles. The van der Waals surface area contributed by atoms with Crippen LogP contribution in [0.25, 0.3) is 11.0 Å². The van der Waals surface area contributed by atoms with Crippen LogP contribution in [-0.2, 0) is 19.6 Å². The quantitative estimate of drug-likeness (QED) is 0.417. The first-order chi connectivity index (χ1) is 17.4. The Morgan fingerprint density at radius 1 is 1.00 bits per heavy atom. The summed E-state index contributed by atoms with van der Waals surface area (Å²) in [5.41, 5.74) is 9.43. The van der Waals surface area contributed by atoms with E-state index in [0.29, 0.717) is 17.5 Å². The second-order valence-electron chi connectivity index (χ2n) is 9.14. The predicted molar refractivity (Wildman–Crippen MR) is 137 cm³/mol. The Bertz CT molecular complexity index is 1470. The smallest absolute Gasteiger partial charge is 0.264 e. The number of nitrogens with zero attached hydrogens (tertiary/aromatic N) is 3. The molecule has 8 heteroatoms. The van der Waals surface area contributed by atoms with Crippen molar-refractivity contribution in [2.75, 3.05) is 18.0 Å². The number of aliphatic hydroxyl groups is 1. The average molecular weight is 487 g/mol. The number of fused-ring (bicyclic) bond motifs is 1. The van der Waals surface area contributed by atoms with Crippen LogP contribution in [0.4, 0.5) is 10.1 Å². The van der Waals surface area contributed by atoms with E-state index >= 15 is 0 Å². The van der Waals surface area contributed by atoms with Crippen LogP contribution in [0, 0.1) is 5.82 Å². The highest BCUT2D eigenvalue weighted by Crippen LogP contribution is 2.24. The zero-order chi connectivity index (χ0) is 25.2. The van der Waals surface area contributed by atoms with Crippen LogP contribution in [0.3, 0.4) is 0 Å². The standard InChI is InChI=1S/C28H27FN4O3/c29-21-7-3-18(4-8-21)13-20-14-24-26(31-15-20)23(17-34)25(27(30)35)28(36)33(24)16-19-5-9-22(10-6-19)32-11-1-2-12-32/h3-10,14-15,34H,1-2,11-13,16-17H2,(H2,30,35). The third-order valence-electron chi connectivity index (χ3n) is 6.74. The maximum atomic E-state index is 13.5. The van der Waals surface area contributed by atoms with Crippen molar-refractivity contribution in [2.24, 2.45) is 5.73 Å². The minimum absolute atomic E-state index is 0.122. The Labute approximate surface area is 207 Å². The van der Waals surface area contributed by atoms with Gasteiger partial charge in [-0.3, -0.25) is 14.6 Å². The maximum absolute atomic E-state index is 13.5. The van der Waals surface area contributed by atoms with Crippen LogP contribution >= 0.6 is 0 Å².